The van der Waals surface area contributed by atoms with Crippen molar-refractivity contribution in [1.82, 2.24) is 10.3 Å². The summed E-state index contributed by atoms with van der Waals surface area (Å²) in [6, 6.07) is 0. The zero-order chi connectivity index (χ0) is 15.7. The lowest BCUT2D eigenvalue weighted by Crippen LogP contribution is -2.42. The van der Waals surface area contributed by atoms with Gasteiger partial charge in [-0.05, 0) is 12.8 Å². The fourth-order valence-electron chi connectivity index (χ4n) is 2.35. The van der Waals surface area contributed by atoms with Crippen LogP contribution in [0, 0.1) is 5.41 Å². The number of hydrogen-bond donors (Lipinski definition) is 2. The number of aromatic nitrogens is 1. The van der Waals surface area contributed by atoms with Gasteiger partial charge in [0.05, 0.1) is 18.2 Å². The molecule has 0 bridgehead atoms. The van der Waals surface area contributed by atoms with E-state index in [9.17, 15) is 14.7 Å². The van der Waals surface area contributed by atoms with Crippen LogP contribution in [0.1, 0.15) is 58.1 Å². The number of amides is 1. The van der Waals surface area contributed by atoms with Gasteiger partial charge in [-0.25, -0.2) is 4.98 Å². The molecule has 2 rings (SSSR count). The van der Waals surface area contributed by atoms with E-state index >= 15 is 0 Å². The number of aliphatic carboxylic acids is 1. The van der Waals surface area contributed by atoms with E-state index in [1.807, 2.05) is 20.8 Å². The fourth-order valence-corrected chi connectivity index (χ4v) is 2.35. The van der Waals surface area contributed by atoms with Crippen LogP contribution in [-0.4, -0.2) is 22.0 Å². The van der Waals surface area contributed by atoms with E-state index in [0.29, 0.717) is 18.7 Å². The molecule has 2 N–H and O–H groups in total. The Morgan fingerprint density at radius 3 is 2.52 bits per heavy atom. The minimum absolute atomic E-state index is 0.0230. The highest BCUT2D eigenvalue weighted by Gasteiger charge is 2.45. The molecule has 0 atom stereocenters. The Morgan fingerprint density at radius 1 is 1.43 bits per heavy atom. The third kappa shape index (κ3) is 3.43. The Labute approximate surface area is 123 Å². The molecule has 1 heterocycles. The SMILES string of the molecule is CC(C)(C)c1cnc(CNC(=O)CC2(C(=O)O)CCC2)o1. The molecule has 1 fully saturated rings. The van der Waals surface area contributed by atoms with Crippen LogP contribution < -0.4 is 5.32 Å². The minimum atomic E-state index is -0.880. The number of carboxylic acids is 1. The minimum Gasteiger partial charge on any atom is -0.481 e. The third-order valence-electron chi connectivity index (χ3n) is 3.99. The highest BCUT2D eigenvalue weighted by Crippen LogP contribution is 2.44. The first-order valence-corrected chi connectivity index (χ1v) is 7.18. The summed E-state index contributed by atoms with van der Waals surface area (Å²) < 4.78 is 5.57. The molecule has 0 radical (unpaired) electrons. The molecule has 0 spiro atoms. The predicted octanol–water partition coefficient (Wildman–Crippen LogP) is 2.23. The molecule has 1 aromatic rings. The molecule has 0 unspecified atom stereocenters. The first-order chi connectivity index (χ1) is 9.73. The summed E-state index contributed by atoms with van der Waals surface area (Å²) in [4.78, 5) is 27.2. The number of oxazole rings is 1. The Balaban J connectivity index is 1.87. The number of hydrogen-bond acceptors (Lipinski definition) is 4. The number of carbonyl (C=O) groups excluding carboxylic acids is 1. The van der Waals surface area contributed by atoms with Gasteiger partial charge >= 0.3 is 5.97 Å². The van der Waals surface area contributed by atoms with Gasteiger partial charge in [-0.3, -0.25) is 9.59 Å². The maximum atomic E-state index is 11.9. The molecule has 0 aromatic carbocycles. The second kappa shape index (κ2) is 5.50. The van der Waals surface area contributed by atoms with E-state index in [1.54, 1.807) is 6.20 Å². The average Bonchev–Trinajstić information content (AvgIpc) is 2.79. The van der Waals surface area contributed by atoms with Crippen LogP contribution >= 0.6 is 0 Å². The first-order valence-electron chi connectivity index (χ1n) is 7.18. The summed E-state index contributed by atoms with van der Waals surface area (Å²) in [6.07, 6.45) is 3.70. The van der Waals surface area contributed by atoms with Gasteiger partial charge in [0.25, 0.3) is 0 Å². The molecular weight excluding hydrogens is 272 g/mol. The van der Waals surface area contributed by atoms with Crippen molar-refractivity contribution in [1.29, 1.82) is 0 Å². The van der Waals surface area contributed by atoms with E-state index in [4.69, 9.17) is 4.42 Å². The molecule has 0 saturated heterocycles. The van der Waals surface area contributed by atoms with Gasteiger partial charge in [-0.15, -0.1) is 0 Å². The van der Waals surface area contributed by atoms with Crippen molar-refractivity contribution < 1.29 is 19.1 Å². The molecule has 1 amide bonds. The van der Waals surface area contributed by atoms with Crippen molar-refractivity contribution in [2.24, 2.45) is 5.41 Å². The Kier molecular flexibility index (Phi) is 4.07. The smallest absolute Gasteiger partial charge is 0.310 e. The Morgan fingerprint density at radius 2 is 2.10 bits per heavy atom. The molecule has 0 aliphatic heterocycles. The monoisotopic (exact) mass is 294 g/mol. The van der Waals surface area contributed by atoms with E-state index in [2.05, 4.69) is 10.3 Å². The van der Waals surface area contributed by atoms with Crippen LogP contribution in [0.4, 0.5) is 0 Å². The normalized spacial score (nSPS) is 17.1. The van der Waals surface area contributed by atoms with Gasteiger partial charge in [0.2, 0.25) is 11.8 Å². The maximum absolute atomic E-state index is 11.9. The Hall–Kier alpha value is -1.85. The van der Waals surface area contributed by atoms with Gasteiger partial charge in [-0.2, -0.15) is 0 Å². The number of carboxylic acid groups (broad SMARTS) is 1. The highest BCUT2D eigenvalue weighted by molar-refractivity contribution is 5.85. The van der Waals surface area contributed by atoms with Gasteiger partial charge in [0, 0.05) is 11.8 Å². The number of nitrogens with zero attached hydrogens (tertiary/aromatic N) is 1. The quantitative estimate of drug-likeness (QED) is 0.868. The lowest BCUT2D eigenvalue weighted by atomic mass is 9.66. The topological polar surface area (TPSA) is 92.4 Å². The number of nitrogens with one attached hydrogen (secondary N) is 1. The first kappa shape index (κ1) is 15.5. The van der Waals surface area contributed by atoms with Crippen molar-refractivity contribution in [3.63, 3.8) is 0 Å². The molecule has 1 aliphatic carbocycles. The molecule has 6 heteroatoms. The van der Waals surface area contributed by atoms with Gasteiger partial charge in [0.15, 0.2) is 0 Å². The van der Waals surface area contributed by atoms with Crippen molar-refractivity contribution in [3.8, 4) is 0 Å². The van der Waals surface area contributed by atoms with E-state index in [-0.39, 0.29) is 24.3 Å². The molecule has 1 aromatic heterocycles. The molecule has 21 heavy (non-hydrogen) atoms. The summed E-state index contributed by atoms with van der Waals surface area (Å²) in [5.41, 5.74) is -0.994. The van der Waals surface area contributed by atoms with Crippen LogP contribution in [0.3, 0.4) is 0 Å². The van der Waals surface area contributed by atoms with E-state index in [0.717, 1.165) is 12.2 Å². The molecule has 116 valence electrons. The standard InChI is InChI=1S/C15H22N2O4/c1-14(2,3)10-8-17-12(21-10)9-16-11(18)7-15(13(19)20)5-4-6-15/h8H,4-7,9H2,1-3H3,(H,16,18)(H,19,20). The number of carbonyl (C=O) groups is 2. The van der Waals surface area contributed by atoms with Gasteiger partial charge in [-0.1, -0.05) is 27.2 Å². The summed E-state index contributed by atoms with van der Waals surface area (Å²) >= 11 is 0. The summed E-state index contributed by atoms with van der Waals surface area (Å²) in [7, 11) is 0. The van der Waals surface area contributed by atoms with Crippen molar-refractivity contribution in [3.05, 3.63) is 17.8 Å². The largest absolute Gasteiger partial charge is 0.481 e. The average molecular weight is 294 g/mol. The van der Waals surface area contributed by atoms with Gasteiger partial charge < -0.3 is 14.8 Å². The summed E-state index contributed by atoms with van der Waals surface area (Å²) in [5.74, 6) is 0.0432. The van der Waals surface area contributed by atoms with Crippen LogP contribution in [-0.2, 0) is 21.5 Å². The van der Waals surface area contributed by atoms with Crippen LogP contribution in [0.25, 0.3) is 0 Å². The van der Waals surface area contributed by atoms with Crippen LogP contribution in [0.2, 0.25) is 0 Å². The second-order valence-electron chi connectivity index (χ2n) is 6.76. The lowest BCUT2D eigenvalue weighted by molar-refractivity contribution is -0.157. The predicted molar refractivity (Wildman–Crippen MR) is 75.6 cm³/mol. The van der Waals surface area contributed by atoms with E-state index < -0.39 is 11.4 Å². The lowest BCUT2D eigenvalue weighted by Gasteiger charge is -2.36. The molecular formula is C15H22N2O4. The van der Waals surface area contributed by atoms with Crippen molar-refractivity contribution >= 4 is 11.9 Å². The number of rotatable bonds is 5. The summed E-state index contributed by atoms with van der Waals surface area (Å²) in [5, 5.41) is 11.9. The Bertz CT molecular complexity index is 538. The van der Waals surface area contributed by atoms with Crippen molar-refractivity contribution in [2.75, 3.05) is 0 Å². The second-order valence-corrected chi connectivity index (χ2v) is 6.76. The molecule has 1 aliphatic rings. The zero-order valence-corrected chi connectivity index (χ0v) is 12.7. The molecule has 1 saturated carbocycles. The van der Waals surface area contributed by atoms with E-state index in [1.165, 1.54) is 0 Å². The van der Waals surface area contributed by atoms with Crippen LogP contribution in [0.5, 0.6) is 0 Å². The maximum Gasteiger partial charge on any atom is 0.310 e. The zero-order valence-electron chi connectivity index (χ0n) is 12.7. The molecule has 6 nitrogen and oxygen atoms in total. The van der Waals surface area contributed by atoms with Crippen LogP contribution in [0.15, 0.2) is 10.6 Å². The van der Waals surface area contributed by atoms with Gasteiger partial charge in [0.1, 0.15) is 5.76 Å². The fraction of sp³-hybridized carbons (Fsp3) is 0.667. The summed E-state index contributed by atoms with van der Waals surface area (Å²) in [6.45, 7) is 6.24. The van der Waals surface area contributed by atoms with Crippen molar-refractivity contribution in [2.45, 2.75) is 58.4 Å². The third-order valence-corrected chi connectivity index (χ3v) is 3.99. The highest BCUT2D eigenvalue weighted by atomic mass is 16.4.